The van der Waals surface area contributed by atoms with Crippen molar-refractivity contribution in [2.75, 3.05) is 18.5 Å². The highest BCUT2D eigenvalue weighted by atomic mass is 35.5. The zero-order valence-electron chi connectivity index (χ0n) is 10.3. The zero-order valence-corrected chi connectivity index (χ0v) is 11.0. The van der Waals surface area contributed by atoms with E-state index in [1.807, 2.05) is 31.6 Å². The highest BCUT2D eigenvalue weighted by Crippen LogP contribution is 2.09. The van der Waals surface area contributed by atoms with Crippen LogP contribution in [-0.4, -0.2) is 28.5 Å². The van der Waals surface area contributed by atoms with Crippen LogP contribution in [0, 0.1) is 0 Å². The van der Waals surface area contributed by atoms with Gasteiger partial charge in [0.25, 0.3) is 0 Å². The molecule has 0 bridgehead atoms. The Morgan fingerprint density at radius 2 is 1.94 bits per heavy atom. The number of nitrogens with zero attached hydrogens (tertiary/aromatic N) is 4. The molecule has 94 valence electrons. The molecule has 0 unspecified atom stereocenters. The quantitative estimate of drug-likeness (QED) is 0.776. The predicted molar refractivity (Wildman–Crippen MR) is 72.8 cm³/mol. The normalized spacial score (nSPS) is 10.3. The first-order chi connectivity index (χ1) is 8.79. The third-order valence-corrected chi connectivity index (χ3v) is 2.98. The maximum Gasteiger partial charge on any atom is 0.146 e. The molecule has 0 N–H and O–H groups in total. The van der Waals surface area contributed by atoms with Gasteiger partial charge in [-0.3, -0.25) is 9.97 Å². The van der Waals surface area contributed by atoms with Gasteiger partial charge >= 0.3 is 0 Å². The van der Waals surface area contributed by atoms with Crippen LogP contribution in [0.2, 0.25) is 0 Å². The van der Waals surface area contributed by atoms with Crippen molar-refractivity contribution in [1.82, 2.24) is 15.0 Å². The molecule has 0 amide bonds. The summed E-state index contributed by atoms with van der Waals surface area (Å²) in [5.41, 5.74) is 2.06. The Morgan fingerprint density at radius 1 is 1.17 bits per heavy atom. The van der Waals surface area contributed by atoms with Gasteiger partial charge in [-0.05, 0) is 24.1 Å². The molecule has 0 radical (unpaired) electrons. The van der Waals surface area contributed by atoms with Crippen LogP contribution in [-0.2, 0) is 12.3 Å². The monoisotopic (exact) mass is 262 g/mol. The summed E-state index contributed by atoms with van der Waals surface area (Å²) in [5, 5.41) is 0. The molecule has 5 heteroatoms. The molecule has 0 aliphatic carbocycles. The fraction of sp³-hybridized carbons (Fsp3) is 0.308. The lowest BCUT2D eigenvalue weighted by atomic mass is 10.2. The minimum absolute atomic E-state index is 0.397. The fourth-order valence-corrected chi connectivity index (χ4v) is 1.71. The largest absolute Gasteiger partial charge is 0.358 e. The summed E-state index contributed by atoms with van der Waals surface area (Å²) in [7, 11) is 2.01. The SMILES string of the molecule is CN(CCc1ccncc1)c1cnc(CCl)cn1. The highest BCUT2D eigenvalue weighted by Gasteiger charge is 2.03. The average Bonchev–Trinajstić information content (AvgIpc) is 2.46. The van der Waals surface area contributed by atoms with Crippen molar-refractivity contribution in [3.63, 3.8) is 0 Å². The maximum atomic E-state index is 5.68. The Balaban J connectivity index is 1.93. The van der Waals surface area contributed by atoms with Gasteiger partial charge in [-0.2, -0.15) is 0 Å². The maximum absolute atomic E-state index is 5.68. The molecule has 0 saturated carbocycles. The molecule has 0 aliphatic heterocycles. The summed E-state index contributed by atoms with van der Waals surface area (Å²) in [6.45, 7) is 0.888. The molecule has 0 atom stereocenters. The number of anilines is 1. The zero-order chi connectivity index (χ0) is 12.8. The van der Waals surface area contributed by atoms with Gasteiger partial charge in [-0.25, -0.2) is 4.98 Å². The Hall–Kier alpha value is -1.68. The van der Waals surface area contributed by atoms with E-state index in [1.54, 1.807) is 12.4 Å². The van der Waals surface area contributed by atoms with Gasteiger partial charge in [-0.15, -0.1) is 11.6 Å². The topological polar surface area (TPSA) is 41.9 Å². The summed E-state index contributed by atoms with van der Waals surface area (Å²) >= 11 is 5.68. The van der Waals surface area contributed by atoms with Crippen LogP contribution in [0.1, 0.15) is 11.3 Å². The molecular formula is C13H15ClN4. The van der Waals surface area contributed by atoms with Crippen LogP contribution in [0.3, 0.4) is 0 Å². The molecule has 0 aromatic carbocycles. The van der Waals surface area contributed by atoms with Crippen LogP contribution < -0.4 is 4.90 Å². The van der Waals surface area contributed by atoms with Gasteiger partial charge in [0, 0.05) is 26.0 Å². The molecule has 2 aromatic heterocycles. The number of rotatable bonds is 5. The van der Waals surface area contributed by atoms with Crippen molar-refractivity contribution in [2.45, 2.75) is 12.3 Å². The van der Waals surface area contributed by atoms with E-state index in [1.165, 1.54) is 5.56 Å². The fourth-order valence-electron chi connectivity index (χ4n) is 1.57. The second-order valence-electron chi connectivity index (χ2n) is 4.03. The summed E-state index contributed by atoms with van der Waals surface area (Å²) < 4.78 is 0. The van der Waals surface area contributed by atoms with E-state index in [2.05, 4.69) is 19.9 Å². The molecule has 0 spiro atoms. The van der Waals surface area contributed by atoms with Gasteiger partial charge in [-0.1, -0.05) is 0 Å². The first kappa shape index (κ1) is 12.8. The van der Waals surface area contributed by atoms with Crippen LogP contribution in [0.5, 0.6) is 0 Å². The van der Waals surface area contributed by atoms with Crippen LogP contribution in [0.25, 0.3) is 0 Å². The molecule has 0 saturated heterocycles. The molecule has 2 rings (SSSR count). The van der Waals surface area contributed by atoms with Crippen molar-refractivity contribution in [3.8, 4) is 0 Å². The number of pyridine rings is 1. The lowest BCUT2D eigenvalue weighted by molar-refractivity contribution is 0.850. The molecular weight excluding hydrogens is 248 g/mol. The number of likely N-dealkylation sites (N-methyl/N-ethyl adjacent to an activating group) is 1. The molecule has 18 heavy (non-hydrogen) atoms. The van der Waals surface area contributed by atoms with E-state index < -0.39 is 0 Å². The first-order valence-corrected chi connectivity index (χ1v) is 6.30. The minimum Gasteiger partial charge on any atom is -0.358 e. The summed E-state index contributed by atoms with van der Waals surface area (Å²) in [5.74, 6) is 1.26. The van der Waals surface area contributed by atoms with Crippen molar-refractivity contribution in [2.24, 2.45) is 0 Å². The van der Waals surface area contributed by atoms with Crippen molar-refractivity contribution in [1.29, 1.82) is 0 Å². The van der Waals surface area contributed by atoms with Gasteiger partial charge in [0.1, 0.15) is 5.82 Å². The van der Waals surface area contributed by atoms with Gasteiger partial charge in [0.2, 0.25) is 0 Å². The van der Waals surface area contributed by atoms with E-state index in [0.717, 1.165) is 24.5 Å². The third kappa shape index (κ3) is 3.40. The van der Waals surface area contributed by atoms with E-state index >= 15 is 0 Å². The van der Waals surface area contributed by atoms with E-state index in [-0.39, 0.29) is 0 Å². The first-order valence-electron chi connectivity index (χ1n) is 5.76. The second-order valence-corrected chi connectivity index (χ2v) is 4.29. The van der Waals surface area contributed by atoms with Crippen LogP contribution in [0.15, 0.2) is 36.9 Å². The molecule has 0 fully saturated rings. The number of hydrogen-bond donors (Lipinski definition) is 0. The van der Waals surface area contributed by atoms with Crippen molar-refractivity contribution < 1.29 is 0 Å². The lowest BCUT2D eigenvalue weighted by Gasteiger charge is -2.17. The smallest absolute Gasteiger partial charge is 0.146 e. The lowest BCUT2D eigenvalue weighted by Crippen LogP contribution is -2.21. The summed E-state index contributed by atoms with van der Waals surface area (Å²) in [4.78, 5) is 14.6. The summed E-state index contributed by atoms with van der Waals surface area (Å²) in [6.07, 6.45) is 8.04. The number of alkyl halides is 1. The van der Waals surface area contributed by atoms with Gasteiger partial charge in [0.15, 0.2) is 0 Å². The van der Waals surface area contributed by atoms with Crippen LogP contribution >= 0.6 is 11.6 Å². The van der Waals surface area contributed by atoms with Crippen molar-refractivity contribution >= 4 is 17.4 Å². The van der Waals surface area contributed by atoms with Gasteiger partial charge in [0.05, 0.1) is 24.0 Å². The predicted octanol–water partition coefficient (Wildman–Crippen LogP) is 2.29. The molecule has 4 nitrogen and oxygen atoms in total. The third-order valence-electron chi connectivity index (χ3n) is 2.70. The number of hydrogen-bond acceptors (Lipinski definition) is 4. The molecule has 0 aliphatic rings. The summed E-state index contributed by atoms with van der Waals surface area (Å²) in [6, 6.07) is 4.05. The van der Waals surface area contributed by atoms with Crippen molar-refractivity contribution in [3.05, 3.63) is 48.2 Å². The number of aromatic nitrogens is 3. The Morgan fingerprint density at radius 3 is 2.56 bits per heavy atom. The van der Waals surface area contributed by atoms with E-state index in [0.29, 0.717) is 5.88 Å². The standard InChI is InChI=1S/C13H15ClN4/c1-18(7-4-11-2-5-15-6-3-11)13-10-16-12(8-14)9-17-13/h2-3,5-6,9-10H,4,7-8H2,1H3. The minimum atomic E-state index is 0.397. The average molecular weight is 263 g/mol. The molecule has 2 aromatic rings. The highest BCUT2D eigenvalue weighted by molar-refractivity contribution is 6.16. The van der Waals surface area contributed by atoms with Crippen LogP contribution in [0.4, 0.5) is 5.82 Å². The Labute approximate surface area is 112 Å². The van der Waals surface area contributed by atoms with E-state index in [4.69, 9.17) is 11.6 Å². The van der Waals surface area contributed by atoms with Gasteiger partial charge < -0.3 is 4.90 Å². The Kier molecular flexibility index (Phi) is 4.47. The number of halogens is 1. The molecule has 2 heterocycles. The van der Waals surface area contributed by atoms with E-state index in [9.17, 15) is 0 Å². The second kappa shape index (κ2) is 6.31. The Bertz CT molecular complexity index is 472.